The van der Waals surface area contributed by atoms with E-state index in [0.29, 0.717) is 18.1 Å². The Labute approximate surface area is 162 Å². The van der Waals surface area contributed by atoms with E-state index in [-0.39, 0.29) is 29.5 Å². The van der Waals surface area contributed by atoms with Crippen molar-refractivity contribution in [3.05, 3.63) is 53.6 Å². The monoisotopic (exact) mass is 381 g/mol. The second-order valence-electron chi connectivity index (χ2n) is 7.33. The van der Waals surface area contributed by atoms with Crippen LogP contribution in [0.4, 0.5) is 0 Å². The number of carbonyl (C=O) groups excluding carboxylic acids is 2. The fourth-order valence-electron chi connectivity index (χ4n) is 3.71. The lowest BCUT2D eigenvalue weighted by Crippen LogP contribution is -2.42. The van der Waals surface area contributed by atoms with Crippen molar-refractivity contribution >= 4 is 17.5 Å². The van der Waals surface area contributed by atoms with Gasteiger partial charge in [0, 0.05) is 31.9 Å². The fraction of sp³-hybridized carbons (Fsp3) is 0.400. The van der Waals surface area contributed by atoms with Gasteiger partial charge in [0.2, 0.25) is 0 Å². The van der Waals surface area contributed by atoms with Gasteiger partial charge in [0.15, 0.2) is 11.6 Å². The predicted molar refractivity (Wildman–Crippen MR) is 102 cm³/mol. The molecule has 4 rings (SSSR count). The summed E-state index contributed by atoms with van der Waals surface area (Å²) in [6, 6.07) is 3.86. The molecule has 0 radical (unpaired) electrons. The smallest absolute Gasteiger partial charge is 0.273 e. The first-order valence-electron chi connectivity index (χ1n) is 9.46. The molecule has 0 aliphatic heterocycles. The Morgan fingerprint density at radius 2 is 2.00 bits per heavy atom. The third-order valence-corrected chi connectivity index (χ3v) is 5.18. The number of imidazole rings is 1. The van der Waals surface area contributed by atoms with Crippen LogP contribution >= 0.6 is 0 Å². The quantitative estimate of drug-likeness (QED) is 0.706. The maximum Gasteiger partial charge on any atom is 0.273 e. The molecule has 3 aromatic heterocycles. The van der Waals surface area contributed by atoms with Crippen molar-refractivity contribution in [1.29, 1.82) is 0 Å². The van der Waals surface area contributed by atoms with Gasteiger partial charge in [-0.1, -0.05) is 12.5 Å². The zero-order valence-corrected chi connectivity index (χ0v) is 15.9. The molecule has 3 heterocycles. The van der Waals surface area contributed by atoms with E-state index in [1.165, 1.54) is 6.26 Å². The second-order valence-corrected chi connectivity index (χ2v) is 7.33. The van der Waals surface area contributed by atoms with Crippen LogP contribution in [0.2, 0.25) is 0 Å². The Bertz CT molecular complexity index is 1020. The molecule has 0 saturated heterocycles. The number of pyridine rings is 1. The van der Waals surface area contributed by atoms with Crippen LogP contribution in [-0.2, 0) is 0 Å². The minimum atomic E-state index is -0.240. The van der Waals surface area contributed by atoms with Crippen LogP contribution in [0.25, 0.3) is 5.65 Å². The average Bonchev–Trinajstić information content (AvgIpc) is 3.39. The van der Waals surface area contributed by atoms with Gasteiger partial charge in [-0.15, -0.1) is 0 Å². The lowest BCUT2D eigenvalue weighted by molar-refractivity contribution is 0.0917. The van der Waals surface area contributed by atoms with Gasteiger partial charge in [-0.2, -0.15) is 0 Å². The minimum absolute atomic E-state index is 0.00789. The Hall–Kier alpha value is -3.16. The maximum atomic E-state index is 12.5. The number of carbonyl (C=O) groups is 2. The largest absolute Gasteiger partial charge is 0.448 e. The standard InChI is InChI=1S/C20H23N5O3/c1-12-6-7-18-23-16(10-25(18)9-12)19(26)21-8-14-4-3-5-15(14)24-20(27)17-11-28-13(2)22-17/h6-7,9-11,14-15H,3-5,8H2,1-2H3,(H,21,26)(H,24,27). The number of nitrogens with zero attached hydrogens (tertiary/aromatic N) is 3. The van der Waals surface area contributed by atoms with Crippen molar-refractivity contribution in [3.63, 3.8) is 0 Å². The third kappa shape index (κ3) is 3.76. The van der Waals surface area contributed by atoms with Crippen molar-refractivity contribution in [2.45, 2.75) is 39.2 Å². The Balaban J connectivity index is 1.36. The second kappa shape index (κ2) is 7.46. The van der Waals surface area contributed by atoms with Crippen molar-refractivity contribution in [1.82, 2.24) is 25.0 Å². The molecule has 1 aliphatic rings. The van der Waals surface area contributed by atoms with E-state index in [2.05, 4.69) is 20.6 Å². The molecular formula is C20H23N5O3. The highest BCUT2D eigenvalue weighted by molar-refractivity contribution is 5.93. The van der Waals surface area contributed by atoms with E-state index in [1.54, 1.807) is 13.1 Å². The molecule has 1 aliphatic carbocycles. The molecule has 0 bridgehead atoms. The molecule has 1 saturated carbocycles. The molecule has 28 heavy (non-hydrogen) atoms. The van der Waals surface area contributed by atoms with Gasteiger partial charge in [-0.05, 0) is 37.3 Å². The van der Waals surface area contributed by atoms with E-state index in [9.17, 15) is 9.59 Å². The first-order chi connectivity index (χ1) is 13.5. The molecule has 0 spiro atoms. The number of oxazole rings is 1. The van der Waals surface area contributed by atoms with E-state index >= 15 is 0 Å². The molecule has 2 N–H and O–H groups in total. The van der Waals surface area contributed by atoms with Crippen molar-refractivity contribution < 1.29 is 14.0 Å². The minimum Gasteiger partial charge on any atom is -0.448 e. The van der Waals surface area contributed by atoms with Gasteiger partial charge in [0.25, 0.3) is 11.8 Å². The highest BCUT2D eigenvalue weighted by Gasteiger charge is 2.30. The van der Waals surface area contributed by atoms with Crippen LogP contribution < -0.4 is 10.6 Å². The van der Waals surface area contributed by atoms with E-state index in [4.69, 9.17) is 4.42 Å². The van der Waals surface area contributed by atoms with Crippen LogP contribution in [-0.4, -0.2) is 38.8 Å². The highest BCUT2D eigenvalue weighted by Crippen LogP contribution is 2.25. The average molecular weight is 381 g/mol. The van der Waals surface area contributed by atoms with Gasteiger partial charge in [-0.3, -0.25) is 9.59 Å². The number of amides is 2. The van der Waals surface area contributed by atoms with Crippen LogP contribution in [0.1, 0.15) is 51.7 Å². The summed E-state index contributed by atoms with van der Waals surface area (Å²) in [6.45, 7) is 4.19. The summed E-state index contributed by atoms with van der Waals surface area (Å²) in [5.41, 5.74) is 2.52. The number of aryl methyl sites for hydroxylation is 2. The normalized spacial score (nSPS) is 19.1. The highest BCUT2D eigenvalue weighted by atomic mass is 16.3. The van der Waals surface area contributed by atoms with Crippen LogP contribution in [0.3, 0.4) is 0 Å². The van der Waals surface area contributed by atoms with E-state index < -0.39 is 0 Å². The van der Waals surface area contributed by atoms with Crippen LogP contribution in [0.15, 0.2) is 35.2 Å². The summed E-state index contributed by atoms with van der Waals surface area (Å²) < 4.78 is 6.95. The molecule has 2 amide bonds. The topological polar surface area (TPSA) is 102 Å². The molecule has 1 fully saturated rings. The van der Waals surface area contributed by atoms with E-state index in [1.807, 2.05) is 29.7 Å². The van der Waals surface area contributed by atoms with Crippen molar-refractivity contribution in [2.75, 3.05) is 6.54 Å². The number of aromatic nitrogens is 3. The van der Waals surface area contributed by atoms with Crippen LogP contribution in [0.5, 0.6) is 0 Å². The van der Waals surface area contributed by atoms with Gasteiger partial charge in [0.05, 0.1) is 0 Å². The predicted octanol–water partition coefficient (Wildman–Crippen LogP) is 2.27. The third-order valence-electron chi connectivity index (χ3n) is 5.18. The van der Waals surface area contributed by atoms with Crippen molar-refractivity contribution in [2.24, 2.45) is 5.92 Å². The summed E-state index contributed by atoms with van der Waals surface area (Å²) in [5.74, 6) is 0.199. The Kier molecular flexibility index (Phi) is 4.85. The SMILES string of the molecule is Cc1ccc2nc(C(=O)NCC3CCCC3NC(=O)c3coc(C)n3)cn2c1. The van der Waals surface area contributed by atoms with Gasteiger partial charge in [0.1, 0.15) is 17.6 Å². The molecule has 2 unspecified atom stereocenters. The first kappa shape index (κ1) is 18.2. The van der Waals surface area contributed by atoms with Gasteiger partial charge < -0.3 is 19.5 Å². The molecule has 146 valence electrons. The summed E-state index contributed by atoms with van der Waals surface area (Å²) in [7, 11) is 0. The van der Waals surface area contributed by atoms with Gasteiger partial charge in [-0.25, -0.2) is 9.97 Å². The Morgan fingerprint density at radius 1 is 1.14 bits per heavy atom. The summed E-state index contributed by atoms with van der Waals surface area (Å²) in [5, 5.41) is 5.98. The number of hydrogen-bond donors (Lipinski definition) is 2. The summed E-state index contributed by atoms with van der Waals surface area (Å²) in [6.07, 6.45) is 7.88. The maximum absolute atomic E-state index is 12.5. The van der Waals surface area contributed by atoms with Crippen molar-refractivity contribution in [3.8, 4) is 0 Å². The molecule has 8 nitrogen and oxygen atoms in total. The molecule has 8 heteroatoms. The number of nitrogens with one attached hydrogen (secondary N) is 2. The number of fused-ring (bicyclic) bond motifs is 1. The zero-order valence-electron chi connectivity index (χ0n) is 15.9. The number of hydrogen-bond acceptors (Lipinski definition) is 5. The molecule has 3 aromatic rings. The summed E-state index contributed by atoms with van der Waals surface area (Å²) in [4.78, 5) is 33.3. The molecular weight excluding hydrogens is 358 g/mol. The zero-order chi connectivity index (χ0) is 19.7. The van der Waals surface area contributed by atoms with E-state index in [0.717, 1.165) is 30.5 Å². The molecule has 0 aromatic carbocycles. The lowest BCUT2D eigenvalue weighted by Gasteiger charge is -2.20. The lowest BCUT2D eigenvalue weighted by atomic mass is 10.0. The summed E-state index contributed by atoms with van der Waals surface area (Å²) >= 11 is 0. The van der Waals surface area contributed by atoms with Gasteiger partial charge >= 0.3 is 0 Å². The van der Waals surface area contributed by atoms with Crippen LogP contribution in [0, 0.1) is 19.8 Å². The Morgan fingerprint density at radius 3 is 2.79 bits per heavy atom. The molecule has 2 atom stereocenters. The fourth-order valence-corrected chi connectivity index (χ4v) is 3.71. The number of rotatable bonds is 5. The first-order valence-corrected chi connectivity index (χ1v) is 9.46.